The maximum absolute atomic E-state index is 12.0. The number of thioether (sulfide) groups is 1. The van der Waals surface area contributed by atoms with E-state index >= 15 is 0 Å². The number of amides is 3. The molecule has 7 nitrogen and oxygen atoms in total. The van der Waals surface area contributed by atoms with Crippen LogP contribution in [0, 0.1) is 0 Å². The highest BCUT2D eigenvalue weighted by molar-refractivity contribution is 8.14. The smallest absolute Gasteiger partial charge is 0.288 e. The Bertz CT molecular complexity index is 712. The molecule has 23 heavy (non-hydrogen) atoms. The number of nitrogens with zero attached hydrogens (tertiary/aromatic N) is 1. The molecule has 1 saturated heterocycles. The second-order valence-corrected chi connectivity index (χ2v) is 8.19. The maximum atomic E-state index is 12.0. The third kappa shape index (κ3) is 5.07. The van der Waals surface area contributed by atoms with Crippen molar-refractivity contribution in [2.45, 2.75) is 5.75 Å². The number of rotatable bonds is 6. The van der Waals surface area contributed by atoms with E-state index in [2.05, 4.69) is 5.32 Å². The minimum atomic E-state index is -3.12. The van der Waals surface area contributed by atoms with Gasteiger partial charge in [0.25, 0.3) is 11.1 Å². The summed E-state index contributed by atoms with van der Waals surface area (Å²) >= 11 is 0.950. The third-order valence-corrected chi connectivity index (χ3v) is 4.82. The lowest BCUT2D eigenvalue weighted by Gasteiger charge is -2.13. The zero-order valence-electron chi connectivity index (χ0n) is 12.4. The number of imide groups is 1. The second-order valence-electron chi connectivity index (χ2n) is 5.12. The number of carbonyl (C=O) groups is 3. The Labute approximate surface area is 138 Å². The fraction of sp³-hybridized carbons (Fsp3) is 0.357. The Morgan fingerprint density at radius 2 is 1.91 bits per heavy atom. The molecule has 1 aliphatic rings. The van der Waals surface area contributed by atoms with E-state index in [4.69, 9.17) is 0 Å². The average molecular weight is 356 g/mol. The lowest BCUT2D eigenvalue weighted by Crippen LogP contribution is -2.37. The van der Waals surface area contributed by atoms with E-state index < -0.39 is 9.84 Å². The molecule has 1 aromatic rings. The highest BCUT2D eigenvalue weighted by Gasteiger charge is 2.29. The van der Waals surface area contributed by atoms with Crippen molar-refractivity contribution in [1.29, 1.82) is 0 Å². The fourth-order valence-electron chi connectivity index (χ4n) is 2.04. The van der Waals surface area contributed by atoms with E-state index in [9.17, 15) is 22.8 Å². The van der Waals surface area contributed by atoms with Crippen LogP contribution in [0.15, 0.2) is 24.3 Å². The molecule has 9 heteroatoms. The van der Waals surface area contributed by atoms with Gasteiger partial charge in [-0.1, -0.05) is 23.9 Å². The van der Waals surface area contributed by atoms with Gasteiger partial charge in [0.2, 0.25) is 5.91 Å². The van der Waals surface area contributed by atoms with Gasteiger partial charge in [-0.15, -0.1) is 0 Å². The molecule has 1 aromatic carbocycles. The number of carbonyl (C=O) groups excluding carboxylic acids is 3. The van der Waals surface area contributed by atoms with E-state index in [0.717, 1.165) is 22.9 Å². The second kappa shape index (κ2) is 7.14. The molecule has 0 unspecified atom stereocenters. The molecule has 0 bridgehead atoms. The molecule has 0 atom stereocenters. The fourth-order valence-corrected chi connectivity index (χ4v) is 3.59. The monoisotopic (exact) mass is 356 g/mol. The van der Waals surface area contributed by atoms with Crippen LogP contribution in [0.3, 0.4) is 0 Å². The van der Waals surface area contributed by atoms with Gasteiger partial charge in [0.05, 0.1) is 11.5 Å². The molecular weight excluding hydrogens is 340 g/mol. The van der Waals surface area contributed by atoms with Crippen molar-refractivity contribution in [3.05, 3.63) is 35.4 Å². The van der Waals surface area contributed by atoms with Crippen LogP contribution in [0.2, 0.25) is 0 Å². The van der Waals surface area contributed by atoms with Crippen LogP contribution in [0.1, 0.15) is 15.9 Å². The lowest BCUT2D eigenvalue weighted by atomic mass is 10.1. The molecule has 0 saturated carbocycles. The van der Waals surface area contributed by atoms with Crippen molar-refractivity contribution in [2.24, 2.45) is 0 Å². The molecule has 3 amide bonds. The Morgan fingerprint density at radius 1 is 1.26 bits per heavy atom. The summed E-state index contributed by atoms with van der Waals surface area (Å²) in [6, 6.07) is 6.25. The van der Waals surface area contributed by atoms with E-state index in [0.29, 0.717) is 11.1 Å². The third-order valence-electron chi connectivity index (χ3n) is 3.11. The van der Waals surface area contributed by atoms with Crippen LogP contribution in [0.4, 0.5) is 4.79 Å². The first-order chi connectivity index (χ1) is 10.8. The first kappa shape index (κ1) is 17.5. The Hall–Kier alpha value is -1.87. The van der Waals surface area contributed by atoms with Crippen LogP contribution in [0.25, 0.3) is 0 Å². The maximum Gasteiger partial charge on any atom is 0.288 e. The van der Waals surface area contributed by atoms with Gasteiger partial charge in [0, 0.05) is 24.9 Å². The lowest BCUT2D eigenvalue weighted by molar-refractivity contribution is -0.124. The van der Waals surface area contributed by atoms with Gasteiger partial charge in [0.15, 0.2) is 9.84 Å². The topological polar surface area (TPSA) is 101 Å². The number of nitrogens with one attached hydrogen (secondary N) is 1. The number of benzene rings is 1. The molecule has 0 aromatic heterocycles. The summed E-state index contributed by atoms with van der Waals surface area (Å²) in [4.78, 5) is 35.9. The number of hydrogen-bond acceptors (Lipinski definition) is 6. The summed E-state index contributed by atoms with van der Waals surface area (Å²) in [6.07, 6.45) is 1.15. The summed E-state index contributed by atoms with van der Waals surface area (Å²) in [6.45, 7) is 0.310. The van der Waals surface area contributed by atoms with Crippen molar-refractivity contribution in [3.63, 3.8) is 0 Å². The molecule has 1 heterocycles. The molecular formula is C14H16N2O5S2. The number of sulfone groups is 1. The predicted molar refractivity (Wildman–Crippen MR) is 86.9 cm³/mol. The molecule has 1 fully saturated rings. The van der Waals surface area contributed by atoms with Gasteiger partial charge in [-0.25, -0.2) is 8.42 Å². The first-order valence-electron chi connectivity index (χ1n) is 6.78. The van der Waals surface area contributed by atoms with Crippen molar-refractivity contribution in [2.75, 3.05) is 25.1 Å². The quantitative estimate of drug-likeness (QED) is 0.803. The van der Waals surface area contributed by atoms with Gasteiger partial charge in [-0.05, 0) is 17.7 Å². The molecule has 0 spiro atoms. The molecule has 2 rings (SSSR count). The van der Waals surface area contributed by atoms with Crippen LogP contribution in [0.5, 0.6) is 0 Å². The van der Waals surface area contributed by atoms with Crippen molar-refractivity contribution >= 4 is 38.7 Å². The molecule has 0 radical (unpaired) electrons. The van der Waals surface area contributed by atoms with Crippen LogP contribution in [-0.4, -0.2) is 55.5 Å². The average Bonchev–Trinajstić information content (AvgIpc) is 2.78. The predicted octanol–water partition coefficient (Wildman–Crippen LogP) is 0.656. The SMILES string of the molecule is CS(=O)(=O)Cc1ccc(C(=O)NCCN2C(=O)CSC2=O)cc1. The largest absolute Gasteiger partial charge is 0.350 e. The zero-order chi connectivity index (χ0) is 17.0. The van der Waals surface area contributed by atoms with E-state index in [1.165, 1.54) is 12.1 Å². The molecule has 0 aliphatic carbocycles. The highest BCUT2D eigenvalue weighted by atomic mass is 32.2. The van der Waals surface area contributed by atoms with E-state index in [-0.39, 0.29) is 41.6 Å². The van der Waals surface area contributed by atoms with Gasteiger partial charge >= 0.3 is 0 Å². The Balaban J connectivity index is 1.86. The normalized spacial score (nSPS) is 15.1. The van der Waals surface area contributed by atoms with Crippen LogP contribution < -0.4 is 5.32 Å². The minimum Gasteiger partial charge on any atom is -0.350 e. The summed E-state index contributed by atoms with van der Waals surface area (Å²) in [7, 11) is -3.12. The summed E-state index contributed by atoms with van der Waals surface area (Å²) in [5, 5.41) is 2.33. The van der Waals surface area contributed by atoms with Gasteiger partial charge in [-0.3, -0.25) is 19.3 Å². The minimum absolute atomic E-state index is 0.0776. The molecule has 1 N–H and O–H groups in total. The van der Waals surface area contributed by atoms with Crippen molar-refractivity contribution in [3.8, 4) is 0 Å². The molecule has 124 valence electrons. The Morgan fingerprint density at radius 3 is 2.43 bits per heavy atom. The zero-order valence-corrected chi connectivity index (χ0v) is 14.1. The van der Waals surface area contributed by atoms with Crippen molar-refractivity contribution in [1.82, 2.24) is 10.2 Å². The summed E-state index contributed by atoms with van der Waals surface area (Å²) < 4.78 is 22.4. The van der Waals surface area contributed by atoms with Crippen LogP contribution >= 0.6 is 11.8 Å². The van der Waals surface area contributed by atoms with E-state index in [1.807, 2.05) is 0 Å². The van der Waals surface area contributed by atoms with Gasteiger partial charge in [-0.2, -0.15) is 0 Å². The van der Waals surface area contributed by atoms with Gasteiger partial charge < -0.3 is 5.32 Å². The standard InChI is InChI=1S/C14H16N2O5S2/c1-23(20,21)9-10-2-4-11(5-3-10)13(18)15-6-7-16-12(17)8-22-14(16)19/h2-5H,6-9H2,1H3,(H,15,18). The first-order valence-corrected chi connectivity index (χ1v) is 9.83. The summed E-state index contributed by atoms with van der Waals surface area (Å²) in [5.41, 5.74) is 0.991. The van der Waals surface area contributed by atoms with Crippen LogP contribution in [-0.2, 0) is 20.4 Å². The number of hydrogen-bond donors (Lipinski definition) is 1. The highest BCUT2D eigenvalue weighted by Crippen LogP contribution is 2.17. The Kier molecular flexibility index (Phi) is 5.42. The molecule has 1 aliphatic heterocycles. The van der Waals surface area contributed by atoms with E-state index in [1.54, 1.807) is 12.1 Å². The van der Waals surface area contributed by atoms with Crippen molar-refractivity contribution < 1.29 is 22.8 Å². The summed E-state index contributed by atoms with van der Waals surface area (Å²) in [5.74, 6) is -0.526. The van der Waals surface area contributed by atoms with Gasteiger partial charge in [0.1, 0.15) is 0 Å².